The molecule has 0 aliphatic carbocycles. The van der Waals surface area contributed by atoms with Gasteiger partial charge in [-0.1, -0.05) is 23.7 Å². The molecule has 0 radical (unpaired) electrons. The van der Waals surface area contributed by atoms with E-state index in [1.54, 1.807) is 18.0 Å². The van der Waals surface area contributed by atoms with E-state index in [0.29, 0.717) is 28.6 Å². The fraction of sp³-hybridized carbons (Fsp3) is 0.267. The molecule has 0 bridgehead atoms. The summed E-state index contributed by atoms with van der Waals surface area (Å²) < 4.78 is 0. The Morgan fingerprint density at radius 1 is 1.52 bits per heavy atom. The molecule has 2 aromatic rings. The highest BCUT2D eigenvalue weighted by Gasteiger charge is 2.19. The molecule has 108 valence electrons. The summed E-state index contributed by atoms with van der Waals surface area (Å²) in [5.74, 6) is -0.103. The van der Waals surface area contributed by atoms with Crippen LogP contribution in [0.1, 0.15) is 21.8 Å². The Balaban J connectivity index is 2.27. The van der Waals surface area contributed by atoms with Crippen LogP contribution in [0.2, 0.25) is 5.02 Å². The summed E-state index contributed by atoms with van der Waals surface area (Å²) in [7, 11) is 1.69. The van der Waals surface area contributed by atoms with Crippen molar-refractivity contribution in [3.05, 3.63) is 39.9 Å². The lowest BCUT2D eigenvalue weighted by Crippen LogP contribution is -2.27. The number of thiazole rings is 1. The molecule has 0 unspecified atom stereocenters. The van der Waals surface area contributed by atoms with Gasteiger partial charge in [-0.3, -0.25) is 4.79 Å². The molecular weight excluding hydrogens is 306 g/mol. The minimum atomic E-state index is -0.103. The first-order valence-corrected chi connectivity index (χ1v) is 7.58. The molecule has 0 spiro atoms. The lowest BCUT2D eigenvalue weighted by molar-refractivity contribution is 0.0802. The second-order valence-corrected chi connectivity index (χ2v) is 6.01. The van der Waals surface area contributed by atoms with Crippen molar-refractivity contribution in [2.24, 2.45) is 0 Å². The van der Waals surface area contributed by atoms with Crippen molar-refractivity contribution in [1.29, 1.82) is 5.26 Å². The summed E-state index contributed by atoms with van der Waals surface area (Å²) in [5.41, 5.74) is 1.60. The molecule has 0 aliphatic rings. The highest BCUT2D eigenvalue weighted by atomic mass is 35.5. The van der Waals surface area contributed by atoms with Crippen LogP contribution in [-0.2, 0) is 0 Å². The lowest BCUT2D eigenvalue weighted by Gasteiger charge is -2.14. The van der Waals surface area contributed by atoms with Crippen LogP contribution in [-0.4, -0.2) is 29.4 Å². The predicted molar refractivity (Wildman–Crippen MR) is 84.5 cm³/mol. The summed E-state index contributed by atoms with van der Waals surface area (Å²) >= 11 is 7.33. The van der Waals surface area contributed by atoms with Crippen LogP contribution < -0.4 is 0 Å². The largest absolute Gasteiger partial charge is 0.340 e. The molecule has 1 heterocycles. The van der Waals surface area contributed by atoms with Crippen LogP contribution in [0.3, 0.4) is 0 Å². The number of hydrogen-bond donors (Lipinski definition) is 0. The van der Waals surface area contributed by atoms with Gasteiger partial charge in [0.05, 0.1) is 18.2 Å². The van der Waals surface area contributed by atoms with Gasteiger partial charge in [0, 0.05) is 24.2 Å². The van der Waals surface area contributed by atoms with Crippen LogP contribution in [0.5, 0.6) is 0 Å². The SMILES string of the molecule is Cc1nc(-c2cccc(Cl)c2)sc1C(=O)N(C)CCC#N. The maximum Gasteiger partial charge on any atom is 0.265 e. The molecule has 1 aromatic carbocycles. The smallest absolute Gasteiger partial charge is 0.265 e. The minimum absolute atomic E-state index is 0.103. The molecule has 0 saturated heterocycles. The fourth-order valence-electron chi connectivity index (χ4n) is 1.83. The van der Waals surface area contributed by atoms with E-state index >= 15 is 0 Å². The van der Waals surface area contributed by atoms with E-state index < -0.39 is 0 Å². The Kier molecular flexibility index (Phi) is 4.94. The second kappa shape index (κ2) is 6.70. The number of aryl methyl sites for hydroxylation is 1. The number of carbonyl (C=O) groups excluding carboxylic acids is 1. The van der Waals surface area contributed by atoms with Crippen molar-refractivity contribution < 1.29 is 4.79 Å². The monoisotopic (exact) mass is 319 g/mol. The van der Waals surface area contributed by atoms with Crippen molar-refractivity contribution in [3.63, 3.8) is 0 Å². The normalized spacial score (nSPS) is 10.2. The van der Waals surface area contributed by atoms with Crippen LogP contribution in [0.25, 0.3) is 10.6 Å². The third-order valence-corrected chi connectivity index (χ3v) is 4.40. The highest BCUT2D eigenvalue weighted by Crippen LogP contribution is 2.30. The number of aromatic nitrogens is 1. The molecular formula is C15H14ClN3OS. The Morgan fingerprint density at radius 3 is 2.95 bits per heavy atom. The van der Waals surface area contributed by atoms with Gasteiger partial charge in [-0.15, -0.1) is 11.3 Å². The predicted octanol–water partition coefficient (Wildman–Crippen LogP) is 3.76. The molecule has 21 heavy (non-hydrogen) atoms. The van der Waals surface area contributed by atoms with Gasteiger partial charge in [-0.05, 0) is 19.1 Å². The van der Waals surface area contributed by atoms with Crippen molar-refractivity contribution in [2.45, 2.75) is 13.3 Å². The molecule has 0 aliphatic heterocycles. The van der Waals surface area contributed by atoms with Gasteiger partial charge in [0.25, 0.3) is 5.91 Å². The number of nitrogens with zero attached hydrogens (tertiary/aromatic N) is 3. The zero-order chi connectivity index (χ0) is 15.4. The molecule has 2 rings (SSSR count). The number of halogens is 1. The van der Waals surface area contributed by atoms with E-state index in [0.717, 1.165) is 10.6 Å². The standard InChI is InChI=1S/C15H14ClN3OS/c1-10-13(15(20)19(2)8-4-7-17)21-14(18-10)11-5-3-6-12(16)9-11/h3,5-6,9H,4,8H2,1-2H3. The zero-order valence-corrected chi connectivity index (χ0v) is 13.3. The Labute approximate surface area is 132 Å². The number of hydrogen-bond acceptors (Lipinski definition) is 4. The molecule has 0 saturated carbocycles. The van der Waals surface area contributed by atoms with Crippen LogP contribution >= 0.6 is 22.9 Å². The molecule has 6 heteroatoms. The average Bonchev–Trinajstić information content (AvgIpc) is 2.86. The van der Waals surface area contributed by atoms with Crippen molar-refractivity contribution in [1.82, 2.24) is 9.88 Å². The fourth-order valence-corrected chi connectivity index (χ4v) is 3.08. The zero-order valence-electron chi connectivity index (χ0n) is 11.8. The summed E-state index contributed by atoms with van der Waals surface area (Å²) in [6.45, 7) is 2.23. The van der Waals surface area contributed by atoms with Gasteiger partial charge in [-0.25, -0.2) is 4.98 Å². The minimum Gasteiger partial charge on any atom is -0.340 e. The van der Waals surface area contributed by atoms with Gasteiger partial charge in [-0.2, -0.15) is 5.26 Å². The summed E-state index contributed by atoms with van der Waals surface area (Å²) in [4.78, 5) is 18.9. The van der Waals surface area contributed by atoms with Crippen LogP contribution in [0, 0.1) is 18.3 Å². The number of amides is 1. The summed E-state index contributed by atoms with van der Waals surface area (Å²) in [5, 5.41) is 10.00. The van der Waals surface area contributed by atoms with Crippen LogP contribution in [0.15, 0.2) is 24.3 Å². The van der Waals surface area contributed by atoms with E-state index in [9.17, 15) is 4.79 Å². The van der Waals surface area contributed by atoms with E-state index in [2.05, 4.69) is 4.98 Å². The molecule has 0 atom stereocenters. The summed E-state index contributed by atoms with van der Waals surface area (Å²) in [6, 6.07) is 9.43. The van der Waals surface area contributed by atoms with Crippen molar-refractivity contribution in [3.8, 4) is 16.6 Å². The molecule has 1 amide bonds. The first kappa shape index (κ1) is 15.5. The first-order chi connectivity index (χ1) is 10.0. The van der Waals surface area contributed by atoms with Crippen molar-refractivity contribution >= 4 is 28.8 Å². The number of nitriles is 1. The van der Waals surface area contributed by atoms with Gasteiger partial charge in [0.2, 0.25) is 0 Å². The summed E-state index contributed by atoms with van der Waals surface area (Å²) in [6.07, 6.45) is 0.321. The number of rotatable bonds is 4. The van der Waals surface area contributed by atoms with E-state index in [4.69, 9.17) is 16.9 Å². The second-order valence-electron chi connectivity index (χ2n) is 4.58. The Morgan fingerprint density at radius 2 is 2.29 bits per heavy atom. The number of carbonyl (C=O) groups is 1. The molecule has 4 nitrogen and oxygen atoms in total. The third kappa shape index (κ3) is 3.60. The maximum absolute atomic E-state index is 12.3. The topological polar surface area (TPSA) is 57.0 Å². The van der Waals surface area contributed by atoms with E-state index in [1.807, 2.05) is 31.2 Å². The van der Waals surface area contributed by atoms with Gasteiger partial charge in [0.15, 0.2) is 0 Å². The third-order valence-electron chi connectivity index (χ3n) is 2.97. The Bertz CT molecular complexity index is 705. The molecule has 1 aromatic heterocycles. The lowest BCUT2D eigenvalue weighted by atomic mass is 10.2. The molecule has 0 N–H and O–H groups in total. The van der Waals surface area contributed by atoms with Crippen LogP contribution in [0.4, 0.5) is 0 Å². The quantitative estimate of drug-likeness (QED) is 0.862. The van der Waals surface area contributed by atoms with E-state index in [-0.39, 0.29) is 5.91 Å². The van der Waals surface area contributed by atoms with E-state index in [1.165, 1.54) is 11.3 Å². The van der Waals surface area contributed by atoms with Gasteiger partial charge in [0.1, 0.15) is 9.88 Å². The average molecular weight is 320 g/mol. The van der Waals surface area contributed by atoms with Crippen molar-refractivity contribution in [2.75, 3.05) is 13.6 Å². The Hall–Kier alpha value is -1.90. The van der Waals surface area contributed by atoms with Gasteiger partial charge < -0.3 is 4.90 Å². The number of benzene rings is 1. The molecule has 0 fully saturated rings. The van der Waals surface area contributed by atoms with Gasteiger partial charge >= 0.3 is 0 Å². The first-order valence-electron chi connectivity index (χ1n) is 6.38. The highest BCUT2D eigenvalue weighted by molar-refractivity contribution is 7.17. The maximum atomic E-state index is 12.3.